The standard InChI is InChI=1S/C19H30N2O3/c1-17-6-13-7-18(2,10-17)12-19(8-13,11-17)15(22)24-9-14-4-3-5-21(14)16(20)23/h13-14H,3-12H2,1-2H3,(H2,20,23). The molecule has 3 atom stereocenters. The van der Waals surface area contributed by atoms with Crippen LogP contribution in [0.25, 0.3) is 0 Å². The normalized spacial score (nSPS) is 46.3. The number of esters is 1. The first-order valence-corrected chi connectivity index (χ1v) is 9.46. The molecule has 0 aromatic heterocycles. The summed E-state index contributed by atoms with van der Waals surface area (Å²) in [6, 6.07) is -0.435. The van der Waals surface area contributed by atoms with Crippen molar-refractivity contribution in [3.8, 4) is 0 Å². The summed E-state index contributed by atoms with van der Waals surface area (Å²) in [6.45, 7) is 5.72. The van der Waals surface area contributed by atoms with Crippen LogP contribution in [0.2, 0.25) is 0 Å². The fourth-order valence-corrected chi connectivity index (χ4v) is 7.30. The first-order chi connectivity index (χ1) is 11.2. The van der Waals surface area contributed by atoms with Crippen molar-refractivity contribution >= 4 is 12.0 Å². The van der Waals surface area contributed by atoms with E-state index in [1.165, 1.54) is 19.3 Å². The van der Waals surface area contributed by atoms with E-state index in [4.69, 9.17) is 10.5 Å². The minimum absolute atomic E-state index is 0.0135. The molecule has 2 amide bonds. The maximum absolute atomic E-state index is 13.1. The summed E-state index contributed by atoms with van der Waals surface area (Å²) in [7, 11) is 0. The molecular weight excluding hydrogens is 304 g/mol. The molecule has 3 unspecified atom stereocenters. The number of urea groups is 1. The van der Waals surface area contributed by atoms with Crippen LogP contribution in [0.1, 0.15) is 65.2 Å². The van der Waals surface area contributed by atoms with E-state index < -0.39 is 6.03 Å². The summed E-state index contributed by atoms with van der Waals surface area (Å²) in [5, 5.41) is 0. The smallest absolute Gasteiger partial charge is 0.315 e. The largest absolute Gasteiger partial charge is 0.463 e. The van der Waals surface area contributed by atoms with Crippen LogP contribution in [-0.4, -0.2) is 36.1 Å². The number of nitrogens with two attached hydrogens (primary N) is 1. The van der Waals surface area contributed by atoms with E-state index in [2.05, 4.69) is 13.8 Å². The Kier molecular flexibility index (Phi) is 3.46. The van der Waals surface area contributed by atoms with Crippen molar-refractivity contribution in [2.45, 2.75) is 71.3 Å². The Bertz CT molecular complexity index is 557. The van der Waals surface area contributed by atoms with Crippen LogP contribution >= 0.6 is 0 Å². The molecule has 1 saturated heterocycles. The molecule has 0 spiro atoms. The van der Waals surface area contributed by atoms with Gasteiger partial charge in [0.25, 0.3) is 0 Å². The van der Waals surface area contributed by atoms with Crippen LogP contribution in [0, 0.1) is 22.2 Å². The van der Waals surface area contributed by atoms with Gasteiger partial charge in [0.15, 0.2) is 0 Å². The molecule has 4 aliphatic carbocycles. The van der Waals surface area contributed by atoms with Crippen molar-refractivity contribution in [2.75, 3.05) is 13.2 Å². The van der Waals surface area contributed by atoms with E-state index in [0.29, 0.717) is 29.9 Å². The van der Waals surface area contributed by atoms with Crippen molar-refractivity contribution in [1.29, 1.82) is 0 Å². The lowest BCUT2D eigenvalue weighted by Gasteiger charge is -2.64. The average Bonchev–Trinajstić information content (AvgIpc) is 2.89. The number of rotatable bonds is 3. The predicted octanol–water partition coefficient (Wildman–Crippen LogP) is 3.07. The zero-order valence-electron chi connectivity index (χ0n) is 15.0. The van der Waals surface area contributed by atoms with Crippen molar-refractivity contribution in [3.63, 3.8) is 0 Å². The van der Waals surface area contributed by atoms with Crippen molar-refractivity contribution < 1.29 is 14.3 Å². The average molecular weight is 334 g/mol. The van der Waals surface area contributed by atoms with E-state index in [1.807, 2.05) is 0 Å². The zero-order chi connectivity index (χ0) is 17.2. The third-order valence-electron chi connectivity index (χ3n) is 7.13. The van der Waals surface area contributed by atoms with E-state index in [9.17, 15) is 9.59 Å². The molecule has 5 nitrogen and oxygen atoms in total. The van der Waals surface area contributed by atoms with Gasteiger partial charge in [-0.05, 0) is 68.1 Å². The lowest BCUT2D eigenvalue weighted by Crippen LogP contribution is -2.58. The Morgan fingerprint density at radius 1 is 1.12 bits per heavy atom. The van der Waals surface area contributed by atoms with Gasteiger partial charge in [0.1, 0.15) is 6.61 Å². The maximum atomic E-state index is 13.1. The summed E-state index contributed by atoms with van der Waals surface area (Å²) in [6.07, 6.45) is 8.58. The zero-order valence-corrected chi connectivity index (χ0v) is 15.0. The Morgan fingerprint density at radius 3 is 2.38 bits per heavy atom. The van der Waals surface area contributed by atoms with Gasteiger partial charge in [0, 0.05) is 6.54 Å². The van der Waals surface area contributed by atoms with Gasteiger partial charge in [-0.1, -0.05) is 13.8 Å². The molecule has 5 rings (SSSR count). The molecule has 5 fully saturated rings. The second-order valence-corrected chi connectivity index (χ2v) is 9.84. The minimum Gasteiger partial charge on any atom is -0.463 e. The Hall–Kier alpha value is -1.26. The van der Waals surface area contributed by atoms with E-state index in [-0.39, 0.29) is 17.4 Å². The lowest BCUT2D eigenvalue weighted by atomic mass is 9.40. The van der Waals surface area contributed by atoms with Gasteiger partial charge in [0.2, 0.25) is 0 Å². The van der Waals surface area contributed by atoms with Crippen LogP contribution in [-0.2, 0) is 9.53 Å². The van der Waals surface area contributed by atoms with Gasteiger partial charge < -0.3 is 15.4 Å². The first kappa shape index (κ1) is 16.2. The molecular formula is C19H30N2O3. The molecule has 134 valence electrons. The lowest BCUT2D eigenvalue weighted by molar-refractivity contribution is -0.192. The molecule has 0 aromatic rings. The summed E-state index contributed by atoms with van der Waals surface area (Å²) in [4.78, 5) is 26.2. The minimum atomic E-state index is -0.400. The highest BCUT2D eigenvalue weighted by Gasteiger charge is 2.63. The van der Waals surface area contributed by atoms with Crippen LogP contribution in [0.3, 0.4) is 0 Å². The number of carbonyl (C=O) groups excluding carboxylic acids is 2. The number of carbonyl (C=O) groups is 2. The summed E-state index contributed by atoms with van der Waals surface area (Å²) in [5.41, 5.74) is 5.75. The van der Waals surface area contributed by atoms with Gasteiger partial charge in [-0.15, -0.1) is 0 Å². The van der Waals surface area contributed by atoms with Gasteiger partial charge in [-0.2, -0.15) is 0 Å². The quantitative estimate of drug-likeness (QED) is 0.806. The highest BCUT2D eigenvalue weighted by Crippen LogP contribution is 2.69. The summed E-state index contributed by atoms with van der Waals surface area (Å²) < 4.78 is 5.79. The van der Waals surface area contributed by atoms with Crippen LogP contribution in [0.15, 0.2) is 0 Å². The van der Waals surface area contributed by atoms with Gasteiger partial charge in [-0.3, -0.25) is 4.79 Å². The molecule has 2 N–H and O–H groups in total. The van der Waals surface area contributed by atoms with Crippen molar-refractivity contribution in [1.82, 2.24) is 4.90 Å². The number of hydrogen-bond donors (Lipinski definition) is 1. The van der Waals surface area contributed by atoms with E-state index in [1.54, 1.807) is 4.90 Å². The van der Waals surface area contributed by atoms with E-state index >= 15 is 0 Å². The van der Waals surface area contributed by atoms with Crippen LogP contribution < -0.4 is 5.73 Å². The maximum Gasteiger partial charge on any atom is 0.315 e. The highest BCUT2D eigenvalue weighted by atomic mass is 16.5. The number of amides is 2. The summed E-state index contributed by atoms with van der Waals surface area (Å²) in [5.74, 6) is 0.665. The molecule has 0 aromatic carbocycles. The Labute approximate surface area is 144 Å². The molecule has 4 bridgehead atoms. The molecule has 1 aliphatic heterocycles. The fraction of sp³-hybridized carbons (Fsp3) is 0.895. The number of nitrogens with zero attached hydrogens (tertiary/aromatic N) is 1. The van der Waals surface area contributed by atoms with Crippen LogP contribution in [0.5, 0.6) is 0 Å². The molecule has 0 radical (unpaired) electrons. The topological polar surface area (TPSA) is 72.6 Å². The third kappa shape index (κ3) is 2.51. The number of hydrogen-bond acceptors (Lipinski definition) is 3. The first-order valence-electron chi connectivity index (χ1n) is 9.46. The van der Waals surface area contributed by atoms with Crippen molar-refractivity contribution in [2.24, 2.45) is 27.9 Å². The van der Waals surface area contributed by atoms with Crippen molar-refractivity contribution in [3.05, 3.63) is 0 Å². The van der Waals surface area contributed by atoms with E-state index in [0.717, 1.165) is 32.1 Å². The molecule has 1 heterocycles. The van der Waals surface area contributed by atoms with Crippen LogP contribution in [0.4, 0.5) is 4.79 Å². The Morgan fingerprint density at radius 2 is 1.79 bits per heavy atom. The molecule has 24 heavy (non-hydrogen) atoms. The van der Waals surface area contributed by atoms with Gasteiger partial charge in [0.05, 0.1) is 11.5 Å². The summed E-state index contributed by atoms with van der Waals surface area (Å²) >= 11 is 0. The predicted molar refractivity (Wildman–Crippen MR) is 90.1 cm³/mol. The second kappa shape index (κ2) is 5.12. The fourth-order valence-electron chi connectivity index (χ4n) is 7.30. The third-order valence-corrected chi connectivity index (χ3v) is 7.13. The number of likely N-dealkylation sites (tertiary alicyclic amines) is 1. The number of ether oxygens (including phenoxy) is 1. The molecule has 4 saturated carbocycles. The second-order valence-electron chi connectivity index (χ2n) is 9.84. The number of primary amides is 1. The molecule has 5 heteroatoms. The SMILES string of the molecule is CC12CC3CC(C)(C1)CC(C(=O)OCC1CCCN1C(N)=O)(C3)C2. The Balaban J connectivity index is 1.46. The van der Waals surface area contributed by atoms with Gasteiger partial charge in [-0.25, -0.2) is 4.79 Å². The highest BCUT2D eigenvalue weighted by molar-refractivity contribution is 5.78. The van der Waals surface area contributed by atoms with Gasteiger partial charge >= 0.3 is 12.0 Å². The monoisotopic (exact) mass is 334 g/mol. The molecule has 5 aliphatic rings.